The number of aromatic nitrogens is 2. The van der Waals surface area contributed by atoms with Gasteiger partial charge in [-0.2, -0.15) is 0 Å². The number of ether oxygens (including phenoxy) is 1. The van der Waals surface area contributed by atoms with Crippen molar-refractivity contribution in [3.05, 3.63) is 52.5 Å². The molecule has 2 aromatic carbocycles. The van der Waals surface area contributed by atoms with Gasteiger partial charge in [-0.3, -0.25) is 0 Å². The number of epoxide rings is 1. The Hall–Kier alpha value is -1.29. The van der Waals surface area contributed by atoms with Gasteiger partial charge in [-0.15, -0.1) is 22.7 Å². The number of aliphatic hydroxyl groups is 1. The van der Waals surface area contributed by atoms with Crippen molar-refractivity contribution >= 4 is 67.1 Å². The van der Waals surface area contributed by atoms with Crippen LogP contribution in [0.25, 0.3) is 20.4 Å². The van der Waals surface area contributed by atoms with Gasteiger partial charge < -0.3 is 14.8 Å². The molecule has 29 heavy (non-hydrogen) atoms. The van der Waals surface area contributed by atoms with Gasteiger partial charge in [0.1, 0.15) is 0 Å². The van der Waals surface area contributed by atoms with Crippen LogP contribution in [0, 0.1) is 3.95 Å². The largest absolute Gasteiger partial charge is 0.393 e. The third kappa shape index (κ3) is 8.16. The molecule has 1 aliphatic heterocycles. The van der Waals surface area contributed by atoms with Gasteiger partial charge in [0.25, 0.3) is 0 Å². The van der Waals surface area contributed by atoms with Gasteiger partial charge in [0.05, 0.1) is 39.2 Å². The number of aromatic amines is 1. The molecule has 0 amide bonds. The second-order valence-corrected chi connectivity index (χ2v) is 10.3. The van der Waals surface area contributed by atoms with Crippen molar-refractivity contribution in [1.82, 2.24) is 9.97 Å². The first-order valence-electron chi connectivity index (χ1n) is 8.87. The van der Waals surface area contributed by atoms with E-state index in [1.165, 1.54) is 9.40 Å². The van der Waals surface area contributed by atoms with Gasteiger partial charge in [-0.1, -0.05) is 43.5 Å². The summed E-state index contributed by atoms with van der Waals surface area (Å²) in [4.78, 5) is 7.55. The number of thiazole rings is 2. The Balaban J connectivity index is 0.000000174. The fourth-order valence-corrected chi connectivity index (χ4v) is 5.16. The molecular weight excluding hydrogens is 441 g/mol. The highest BCUT2D eigenvalue weighted by Crippen LogP contribution is 2.29. The summed E-state index contributed by atoms with van der Waals surface area (Å²) in [5.74, 6) is 0.708. The minimum absolute atomic E-state index is 0. The summed E-state index contributed by atoms with van der Waals surface area (Å²) in [7, 11) is 0. The van der Waals surface area contributed by atoms with E-state index in [-0.39, 0.29) is 13.5 Å². The molecular formula is C21H26N2O2S4. The molecule has 4 aromatic rings. The molecule has 1 fully saturated rings. The lowest BCUT2D eigenvalue weighted by Gasteiger charge is -1.98. The molecule has 1 saturated heterocycles. The molecule has 0 radical (unpaired) electrons. The Kier molecular flexibility index (Phi) is 9.74. The number of nitrogens with zero attached hydrogens (tertiary/aromatic N) is 1. The first-order chi connectivity index (χ1) is 13.5. The Morgan fingerprint density at radius 3 is 2.41 bits per heavy atom. The molecule has 2 N–H and O–H groups in total. The third-order valence-corrected chi connectivity index (χ3v) is 7.19. The second-order valence-electron chi connectivity index (χ2n) is 6.26. The van der Waals surface area contributed by atoms with Gasteiger partial charge in [0.2, 0.25) is 0 Å². The molecule has 0 bridgehead atoms. The number of hydrogen-bond acceptors (Lipinski definition) is 7. The molecule has 5 rings (SSSR count). The summed E-state index contributed by atoms with van der Waals surface area (Å²) in [6, 6.07) is 16.2. The van der Waals surface area contributed by atoms with Crippen LogP contribution in [-0.2, 0) is 4.74 Å². The molecule has 2 unspecified atom stereocenters. The van der Waals surface area contributed by atoms with Gasteiger partial charge in [0, 0.05) is 5.75 Å². The molecule has 2 atom stereocenters. The Bertz CT molecular complexity index is 998. The lowest BCUT2D eigenvalue weighted by Crippen LogP contribution is -2.01. The van der Waals surface area contributed by atoms with Gasteiger partial charge >= 0.3 is 0 Å². The van der Waals surface area contributed by atoms with Crippen molar-refractivity contribution in [3.63, 3.8) is 0 Å². The number of nitrogens with one attached hydrogen (secondary N) is 1. The Morgan fingerprint density at radius 1 is 1.21 bits per heavy atom. The van der Waals surface area contributed by atoms with Crippen LogP contribution in [-0.4, -0.2) is 39.6 Å². The van der Waals surface area contributed by atoms with Crippen molar-refractivity contribution in [3.8, 4) is 0 Å². The number of hydrogen-bond donors (Lipinski definition) is 2. The van der Waals surface area contributed by atoms with E-state index in [1.807, 2.05) is 36.4 Å². The molecule has 0 saturated carbocycles. The van der Waals surface area contributed by atoms with Crippen molar-refractivity contribution in [2.24, 2.45) is 0 Å². The molecule has 2 aromatic heterocycles. The van der Waals surface area contributed by atoms with Crippen molar-refractivity contribution < 1.29 is 9.84 Å². The smallest absolute Gasteiger partial charge is 0.159 e. The molecule has 156 valence electrons. The Morgan fingerprint density at radius 2 is 1.83 bits per heavy atom. The lowest BCUT2D eigenvalue weighted by atomic mass is 10.3. The molecule has 3 heterocycles. The van der Waals surface area contributed by atoms with E-state index >= 15 is 0 Å². The number of fused-ring (bicyclic) bond motifs is 2. The van der Waals surface area contributed by atoms with Crippen LogP contribution in [0.3, 0.4) is 0 Å². The summed E-state index contributed by atoms with van der Waals surface area (Å²) in [5, 5.41) is 9.14. The summed E-state index contributed by atoms with van der Waals surface area (Å²) >= 11 is 9.88. The fourth-order valence-electron chi connectivity index (χ4n) is 2.10. The summed E-state index contributed by atoms with van der Waals surface area (Å²) < 4.78 is 9.03. The van der Waals surface area contributed by atoms with E-state index < -0.39 is 0 Å². The highest BCUT2D eigenvalue weighted by molar-refractivity contribution is 8.01. The maximum Gasteiger partial charge on any atom is 0.159 e. The molecule has 8 heteroatoms. The average molecular weight is 467 g/mol. The van der Waals surface area contributed by atoms with E-state index in [2.05, 4.69) is 29.0 Å². The number of aliphatic hydroxyl groups excluding tert-OH is 1. The monoisotopic (exact) mass is 466 g/mol. The molecule has 0 aliphatic carbocycles. The highest BCUT2D eigenvalue weighted by Gasteiger charge is 2.13. The molecule has 4 nitrogen and oxygen atoms in total. The van der Waals surface area contributed by atoms with Crippen LogP contribution in [0.2, 0.25) is 0 Å². The molecule has 0 spiro atoms. The zero-order chi connectivity index (χ0) is 19.9. The zero-order valence-electron chi connectivity index (χ0n) is 15.6. The first kappa shape index (κ1) is 24.0. The highest BCUT2D eigenvalue weighted by atomic mass is 32.2. The number of thioether (sulfide) groups is 1. The summed E-state index contributed by atoms with van der Waals surface area (Å²) in [6.45, 7) is 4.83. The van der Waals surface area contributed by atoms with Crippen molar-refractivity contribution in [2.75, 3.05) is 12.4 Å². The normalized spacial score (nSPS) is 15.5. The number of rotatable bonds is 3. The first-order valence-corrected chi connectivity index (χ1v) is 11.9. The van der Waals surface area contributed by atoms with Crippen LogP contribution < -0.4 is 0 Å². The Labute approximate surface area is 189 Å². The van der Waals surface area contributed by atoms with Crippen molar-refractivity contribution in [2.45, 2.75) is 37.8 Å². The standard InChI is InChI=1S/C10H11NOS2.C7H5NS2.C3H6O.CH4/c1-7(12)6-13-10-11-8-4-2-3-5-9(8)14-10;9-7-8-5-3-1-2-4-6(5)10-7;1-3-2-4-3;/h2-5,7,12H,6H2,1H3;1-4H,(H,8,9);3H,2H2,1H3;1H4. The summed E-state index contributed by atoms with van der Waals surface area (Å²) in [6.07, 6.45) is 0.312. The quantitative estimate of drug-likeness (QED) is 0.198. The minimum Gasteiger partial charge on any atom is -0.393 e. The van der Waals surface area contributed by atoms with E-state index in [0.717, 1.165) is 25.9 Å². The minimum atomic E-state index is -0.271. The van der Waals surface area contributed by atoms with E-state index in [1.54, 1.807) is 41.4 Å². The maximum atomic E-state index is 9.14. The van der Waals surface area contributed by atoms with Crippen LogP contribution in [0.5, 0.6) is 0 Å². The van der Waals surface area contributed by atoms with Crippen LogP contribution in [0.15, 0.2) is 52.9 Å². The van der Waals surface area contributed by atoms with E-state index in [9.17, 15) is 0 Å². The third-order valence-electron chi connectivity index (χ3n) is 3.55. The summed E-state index contributed by atoms with van der Waals surface area (Å²) in [5.41, 5.74) is 2.18. The van der Waals surface area contributed by atoms with E-state index in [0.29, 0.717) is 11.9 Å². The predicted molar refractivity (Wildman–Crippen MR) is 131 cm³/mol. The van der Waals surface area contributed by atoms with Crippen LogP contribution in [0.4, 0.5) is 0 Å². The maximum absolute atomic E-state index is 9.14. The number of H-pyrrole nitrogens is 1. The van der Waals surface area contributed by atoms with E-state index in [4.69, 9.17) is 22.1 Å². The molecule has 1 aliphatic rings. The SMILES string of the molecule is C.CC(O)CSc1nc2ccccc2s1.CC1CO1.S=c1[nH]c2ccccc2s1. The van der Waals surface area contributed by atoms with Crippen LogP contribution in [0.1, 0.15) is 21.3 Å². The average Bonchev–Trinajstić information content (AvgIpc) is 3.20. The predicted octanol–water partition coefficient (Wildman–Crippen LogP) is 6.77. The van der Waals surface area contributed by atoms with Crippen molar-refractivity contribution in [1.29, 1.82) is 0 Å². The van der Waals surface area contributed by atoms with Crippen LogP contribution >= 0.6 is 46.7 Å². The second kappa shape index (κ2) is 11.8. The topological polar surface area (TPSA) is 61.4 Å². The van der Waals surface area contributed by atoms with Gasteiger partial charge in [-0.05, 0) is 50.3 Å². The number of para-hydroxylation sites is 2. The lowest BCUT2D eigenvalue weighted by molar-refractivity contribution is 0.220. The van der Waals surface area contributed by atoms with Gasteiger partial charge in [0.15, 0.2) is 8.29 Å². The van der Waals surface area contributed by atoms with Gasteiger partial charge in [-0.25, -0.2) is 4.98 Å². The fraction of sp³-hybridized carbons (Fsp3) is 0.333. The zero-order valence-corrected chi connectivity index (χ0v) is 18.9. The number of benzene rings is 2.